The van der Waals surface area contributed by atoms with Gasteiger partial charge in [-0.25, -0.2) is 4.98 Å². The summed E-state index contributed by atoms with van der Waals surface area (Å²) in [7, 11) is 0. The molecule has 0 saturated carbocycles. The lowest BCUT2D eigenvalue weighted by Gasteiger charge is -2.29. The molecular weight excluding hydrogens is 374 g/mol. The Kier molecular flexibility index (Phi) is 5.31. The first-order valence-corrected chi connectivity index (χ1v) is 10.6. The van der Waals surface area contributed by atoms with E-state index in [4.69, 9.17) is 16.6 Å². The Morgan fingerprint density at radius 1 is 1.19 bits per heavy atom. The van der Waals surface area contributed by atoms with Crippen LogP contribution in [-0.2, 0) is 11.8 Å². The summed E-state index contributed by atoms with van der Waals surface area (Å²) in [5, 5.41) is 5.60. The van der Waals surface area contributed by atoms with Gasteiger partial charge in [0.05, 0.1) is 10.7 Å². The second kappa shape index (κ2) is 7.70. The van der Waals surface area contributed by atoms with Gasteiger partial charge in [-0.1, -0.05) is 55.8 Å². The minimum atomic E-state index is -0.0604. The van der Waals surface area contributed by atoms with E-state index in [-0.39, 0.29) is 5.41 Å². The Morgan fingerprint density at radius 3 is 2.74 bits per heavy atom. The van der Waals surface area contributed by atoms with Crippen molar-refractivity contribution < 1.29 is 0 Å². The lowest BCUT2D eigenvalue weighted by molar-refractivity contribution is 0.390. The number of hydrogen-bond donors (Lipinski definition) is 1. The zero-order valence-corrected chi connectivity index (χ0v) is 17.3. The van der Waals surface area contributed by atoms with Crippen molar-refractivity contribution in [3.05, 3.63) is 69.9 Å². The highest BCUT2D eigenvalue weighted by Gasteiger charge is 2.28. The van der Waals surface area contributed by atoms with Gasteiger partial charge in [0.1, 0.15) is 5.01 Å². The summed E-state index contributed by atoms with van der Waals surface area (Å²) in [6, 6.07) is 14.8. The van der Waals surface area contributed by atoms with Crippen molar-refractivity contribution in [1.82, 2.24) is 15.3 Å². The van der Waals surface area contributed by atoms with Gasteiger partial charge in [-0.3, -0.25) is 4.98 Å². The van der Waals surface area contributed by atoms with Crippen molar-refractivity contribution in [2.45, 2.75) is 44.6 Å². The van der Waals surface area contributed by atoms with Crippen LogP contribution in [0.4, 0.5) is 0 Å². The highest BCUT2D eigenvalue weighted by atomic mass is 35.5. The number of rotatable bonds is 5. The quantitative estimate of drug-likeness (QED) is 0.590. The molecule has 0 radical (unpaired) electrons. The second-order valence-corrected chi connectivity index (χ2v) is 9.23. The minimum Gasteiger partial charge on any atom is -0.308 e. The van der Waals surface area contributed by atoms with Crippen LogP contribution in [0.25, 0.3) is 10.6 Å². The molecule has 1 aliphatic rings. The van der Waals surface area contributed by atoms with E-state index in [0.29, 0.717) is 11.1 Å². The zero-order chi connectivity index (χ0) is 18.9. The average Bonchev–Trinajstić information content (AvgIpc) is 3.12. The molecule has 140 valence electrons. The number of nitrogens with one attached hydrogen (secondary N) is 1. The minimum absolute atomic E-state index is 0.0604. The van der Waals surface area contributed by atoms with Crippen LogP contribution >= 0.6 is 22.9 Å². The van der Waals surface area contributed by atoms with Crippen molar-refractivity contribution in [3.63, 3.8) is 0 Å². The molecule has 1 aliphatic carbocycles. The van der Waals surface area contributed by atoms with Crippen LogP contribution in [0.1, 0.15) is 49.0 Å². The number of aromatic nitrogens is 2. The van der Waals surface area contributed by atoms with Crippen LogP contribution in [0, 0.1) is 0 Å². The predicted molar refractivity (Wildman–Crippen MR) is 114 cm³/mol. The lowest BCUT2D eigenvalue weighted by atomic mass is 9.87. The van der Waals surface area contributed by atoms with E-state index in [1.165, 1.54) is 22.6 Å². The number of pyridine rings is 1. The number of nitrogens with zero attached hydrogens (tertiary/aromatic N) is 2. The normalized spacial score (nSPS) is 16.9. The summed E-state index contributed by atoms with van der Waals surface area (Å²) >= 11 is 7.82. The van der Waals surface area contributed by atoms with Gasteiger partial charge >= 0.3 is 0 Å². The van der Waals surface area contributed by atoms with E-state index in [1.54, 1.807) is 6.20 Å². The van der Waals surface area contributed by atoms with Gasteiger partial charge in [0.2, 0.25) is 0 Å². The zero-order valence-electron chi connectivity index (χ0n) is 15.7. The molecular formula is C22H24ClN3S. The Balaban J connectivity index is 1.51. The van der Waals surface area contributed by atoms with Gasteiger partial charge in [0.25, 0.3) is 0 Å². The topological polar surface area (TPSA) is 37.8 Å². The standard InChI is InChI=1S/C22H24ClN3S/c1-22(2,19-12-11-16(23)13-24-19)14-25-17-9-6-10-18-20(17)27-21(26-18)15-7-4-3-5-8-15/h3-5,7-8,11-13,17,25H,6,9-10,14H2,1-2H3. The fourth-order valence-corrected chi connectivity index (χ4v) is 4.90. The molecule has 5 heteroatoms. The monoisotopic (exact) mass is 397 g/mol. The second-order valence-electron chi connectivity index (χ2n) is 7.77. The highest BCUT2D eigenvalue weighted by molar-refractivity contribution is 7.15. The number of fused-ring (bicyclic) bond motifs is 1. The fraction of sp³-hybridized carbons (Fsp3) is 0.364. The SMILES string of the molecule is CC(C)(CNC1CCCc2nc(-c3ccccc3)sc21)c1ccc(Cl)cn1. The molecule has 0 bridgehead atoms. The smallest absolute Gasteiger partial charge is 0.123 e. The predicted octanol–water partition coefficient (Wildman–Crippen LogP) is 5.80. The molecule has 0 fully saturated rings. The van der Waals surface area contributed by atoms with Crippen LogP contribution in [0.3, 0.4) is 0 Å². The third-order valence-electron chi connectivity index (χ3n) is 5.18. The lowest BCUT2D eigenvalue weighted by Crippen LogP contribution is -2.36. The van der Waals surface area contributed by atoms with Crippen LogP contribution in [0.15, 0.2) is 48.7 Å². The number of benzene rings is 1. The van der Waals surface area contributed by atoms with Crippen LogP contribution in [0.5, 0.6) is 0 Å². The Morgan fingerprint density at radius 2 is 2.00 bits per heavy atom. The van der Waals surface area contributed by atoms with Crippen molar-refractivity contribution in [2.75, 3.05) is 6.54 Å². The first-order valence-electron chi connectivity index (χ1n) is 9.43. The van der Waals surface area contributed by atoms with E-state index >= 15 is 0 Å². The molecule has 1 unspecified atom stereocenters. The Hall–Kier alpha value is -1.75. The molecule has 27 heavy (non-hydrogen) atoms. The summed E-state index contributed by atoms with van der Waals surface area (Å²) < 4.78 is 0. The Labute approximate surface area is 169 Å². The van der Waals surface area contributed by atoms with Gasteiger partial charge in [-0.15, -0.1) is 11.3 Å². The van der Waals surface area contributed by atoms with Crippen LogP contribution in [-0.4, -0.2) is 16.5 Å². The van der Waals surface area contributed by atoms with Crippen molar-refractivity contribution in [1.29, 1.82) is 0 Å². The molecule has 0 amide bonds. The maximum Gasteiger partial charge on any atom is 0.123 e. The molecule has 4 rings (SSSR count). The number of hydrogen-bond acceptors (Lipinski definition) is 4. The average molecular weight is 398 g/mol. The largest absolute Gasteiger partial charge is 0.308 e. The van der Waals surface area contributed by atoms with E-state index in [2.05, 4.69) is 48.4 Å². The molecule has 0 aliphatic heterocycles. The Bertz CT molecular complexity index is 903. The van der Waals surface area contributed by atoms with E-state index < -0.39 is 0 Å². The maximum atomic E-state index is 5.99. The third-order valence-corrected chi connectivity index (χ3v) is 6.67. The first-order chi connectivity index (χ1) is 13.0. The molecule has 3 nitrogen and oxygen atoms in total. The van der Waals surface area contributed by atoms with Crippen molar-refractivity contribution >= 4 is 22.9 Å². The summed E-state index contributed by atoms with van der Waals surface area (Å²) in [5.74, 6) is 0. The number of thiazole rings is 1. The summed E-state index contributed by atoms with van der Waals surface area (Å²) in [6.07, 6.45) is 5.15. The van der Waals surface area contributed by atoms with Gasteiger partial charge in [-0.2, -0.15) is 0 Å². The fourth-order valence-electron chi connectivity index (χ4n) is 3.56. The molecule has 0 spiro atoms. The van der Waals surface area contributed by atoms with Gasteiger partial charge in [0, 0.05) is 40.3 Å². The van der Waals surface area contributed by atoms with E-state index in [0.717, 1.165) is 30.1 Å². The van der Waals surface area contributed by atoms with Gasteiger partial charge < -0.3 is 5.32 Å². The molecule has 2 aromatic heterocycles. The summed E-state index contributed by atoms with van der Waals surface area (Å²) in [4.78, 5) is 10.9. The van der Waals surface area contributed by atoms with Crippen LogP contribution in [0.2, 0.25) is 5.02 Å². The first kappa shape index (κ1) is 18.6. The molecule has 3 aromatic rings. The van der Waals surface area contributed by atoms with Gasteiger partial charge in [0.15, 0.2) is 0 Å². The summed E-state index contributed by atoms with van der Waals surface area (Å²) in [6.45, 7) is 5.31. The maximum absolute atomic E-state index is 5.99. The molecule has 0 saturated heterocycles. The molecule has 1 aromatic carbocycles. The van der Waals surface area contributed by atoms with Crippen molar-refractivity contribution in [3.8, 4) is 10.6 Å². The van der Waals surface area contributed by atoms with E-state index in [9.17, 15) is 0 Å². The highest BCUT2D eigenvalue weighted by Crippen LogP contribution is 2.38. The van der Waals surface area contributed by atoms with E-state index in [1.807, 2.05) is 29.5 Å². The van der Waals surface area contributed by atoms with Crippen molar-refractivity contribution in [2.24, 2.45) is 0 Å². The van der Waals surface area contributed by atoms with Crippen LogP contribution < -0.4 is 5.32 Å². The molecule has 1 N–H and O–H groups in total. The molecule has 1 atom stereocenters. The summed E-state index contributed by atoms with van der Waals surface area (Å²) in [5.41, 5.74) is 3.48. The third kappa shape index (κ3) is 4.08. The molecule has 2 heterocycles. The number of halogens is 1. The number of aryl methyl sites for hydroxylation is 1. The van der Waals surface area contributed by atoms with Gasteiger partial charge in [-0.05, 0) is 31.4 Å².